The van der Waals surface area contributed by atoms with Gasteiger partial charge in [0, 0.05) is 22.3 Å². The zero-order chi connectivity index (χ0) is 15.0. The largest absolute Gasteiger partial charge is 0.495 e. The molecule has 0 heterocycles. The van der Waals surface area contributed by atoms with E-state index in [0.29, 0.717) is 22.3 Å². The van der Waals surface area contributed by atoms with Crippen LogP contribution in [0.5, 0.6) is 5.75 Å². The Morgan fingerprint density at radius 1 is 1.00 bits per heavy atom. The molecule has 21 heavy (non-hydrogen) atoms. The highest BCUT2D eigenvalue weighted by molar-refractivity contribution is 6.29. The molecular formula is C16H11NO4. The maximum absolute atomic E-state index is 12.7. The van der Waals surface area contributed by atoms with E-state index in [4.69, 9.17) is 9.94 Å². The average molecular weight is 281 g/mol. The minimum Gasteiger partial charge on any atom is -0.495 e. The predicted octanol–water partition coefficient (Wildman–Crippen LogP) is 2.28. The maximum atomic E-state index is 12.7. The van der Waals surface area contributed by atoms with Crippen LogP contribution in [-0.2, 0) is 0 Å². The fourth-order valence-electron chi connectivity index (χ4n) is 2.56. The molecule has 0 saturated heterocycles. The van der Waals surface area contributed by atoms with Crippen molar-refractivity contribution in [2.75, 3.05) is 7.11 Å². The monoisotopic (exact) mass is 281 g/mol. The molecule has 0 bridgehead atoms. The minimum absolute atomic E-state index is 0.207. The number of carbonyl (C=O) groups is 2. The van der Waals surface area contributed by atoms with E-state index in [1.165, 1.54) is 7.11 Å². The van der Waals surface area contributed by atoms with Crippen molar-refractivity contribution in [3.63, 3.8) is 0 Å². The summed E-state index contributed by atoms with van der Waals surface area (Å²) in [5.41, 5.74) is 1.68. The van der Waals surface area contributed by atoms with E-state index in [1.807, 2.05) is 0 Å². The molecule has 104 valence electrons. The van der Waals surface area contributed by atoms with Gasteiger partial charge in [-0.2, -0.15) is 0 Å². The second kappa shape index (κ2) is 4.86. The summed E-state index contributed by atoms with van der Waals surface area (Å²) in [4.78, 5) is 25.2. The lowest BCUT2D eigenvalue weighted by Gasteiger charge is -2.20. The van der Waals surface area contributed by atoms with E-state index in [0.717, 1.165) is 6.21 Å². The van der Waals surface area contributed by atoms with Gasteiger partial charge in [0.05, 0.1) is 18.9 Å². The lowest BCUT2D eigenvalue weighted by atomic mass is 9.83. The first-order valence-corrected chi connectivity index (χ1v) is 6.26. The smallest absolute Gasteiger partial charge is 0.198 e. The number of nitrogens with zero attached hydrogens (tertiary/aromatic N) is 1. The predicted molar refractivity (Wildman–Crippen MR) is 75.7 cm³/mol. The quantitative estimate of drug-likeness (QED) is 0.444. The first-order valence-electron chi connectivity index (χ1n) is 6.26. The summed E-state index contributed by atoms with van der Waals surface area (Å²) >= 11 is 0. The molecule has 0 saturated carbocycles. The van der Waals surface area contributed by atoms with E-state index < -0.39 is 0 Å². The molecule has 5 heteroatoms. The first-order chi connectivity index (χ1) is 10.2. The van der Waals surface area contributed by atoms with Crippen LogP contribution in [0, 0.1) is 0 Å². The summed E-state index contributed by atoms with van der Waals surface area (Å²) in [6.45, 7) is 0. The van der Waals surface area contributed by atoms with Gasteiger partial charge in [0.2, 0.25) is 0 Å². The number of rotatable bonds is 2. The van der Waals surface area contributed by atoms with Crippen LogP contribution in [0.15, 0.2) is 41.6 Å². The Morgan fingerprint density at radius 3 is 2.29 bits per heavy atom. The van der Waals surface area contributed by atoms with E-state index in [1.54, 1.807) is 36.4 Å². The van der Waals surface area contributed by atoms with Gasteiger partial charge in [0.1, 0.15) is 5.75 Å². The Hall–Kier alpha value is -2.95. The van der Waals surface area contributed by atoms with Gasteiger partial charge in [-0.25, -0.2) is 0 Å². The van der Waals surface area contributed by atoms with Crippen LogP contribution in [0.1, 0.15) is 37.4 Å². The van der Waals surface area contributed by atoms with Gasteiger partial charge >= 0.3 is 0 Å². The van der Waals surface area contributed by atoms with Crippen molar-refractivity contribution >= 4 is 17.8 Å². The average Bonchev–Trinajstić information content (AvgIpc) is 2.52. The molecule has 5 nitrogen and oxygen atoms in total. The third kappa shape index (κ3) is 1.82. The summed E-state index contributed by atoms with van der Waals surface area (Å²) < 4.78 is 5.25. The SMILES string of the molecule is COc1c(/C=N/O)ccc2c1C(=O)c1ccccc1C2=O. The highest BCUT2D eigenvalue weighted by Crippen LogP contribution is 2.34. The van der Waals surface area contributed by atoms with Crippen LogP contribution in [0.25, 0.3) is 0 Å². The summed E-state index contributed by atoms with van der Waals surface area (Å²) in [6.07, 6.45) is 1.16. The Labute approximate surface area is 120 Å². The van der Waals surface area contributed by atoms with Gasteiger partial charge in [0.25, 0.3) is 0 Å². The van der Waals surface area contributed by atoms with Crippen molar-refractivity contribution in [3.8, 4) is 5.75 Å². The lowest BCUT2D eigenvalue weighted by Crippen LogP contribution is -2.22. The molecule has 1 aliphatic rings. The second-order valence-electron chi connectivity index (χ2n) is 4.56. The van der Waals surface area contributed by atoms with Crippen LogP contribution in [0.4, 0.5) is 0 Å². The molecule has 2 aromatic rings. The molecule has 1 N–H and O–H groups in total. The number of hydrogen-bond acceptors (Lipinski definition) is 5. The summed E-state index contributed by atoms with van der Waals surface area (Å²) in [6, 6.07) is 9.81. The Morgan fingerprint density at radius 2 is 1.67 bits per heavy atom. The van der Waals surface area contributed by atoms with Crippen molar-refractivity contribution in [2.45, 2.75) is 0 Å². The molecule has 0 atom stereocenters. The normalized spacial score (nSPS) is 13.2. The molecular weight excluding hydrogens is 270 g/mol. The standard InChI is InChI=1S/C16H11NO4/c1-21-16-9(8-17-20)6-7-12-13(16)15(19)11-5-3-2-4-10(11)14(12)18/h2-8,20H,1H3/b17-8+. The molecule has 0 aliphatic heterocycles. The zero-order valence-corrected chi connectivity index (χ0v) is 11.2. The fourth-order valence-corrected chi connectivity index (χ4v) is 2.56. The van der Waals surface area contributed by atoms with Crippen molar-refractivity contribution in [3.05, 3.63) is 64.2 Å². The Kier molecular flexibility index (Phi) is 3.02. The van der Waals surface area contributed by atoms with Crippen molar-refractivity contribution in [1.82, 2.24) is 0 Å². The second-order valence-corrected chi connectivity index (χ2v) is 4.56. The van der Waals surface area contributed by atoms with Gasteiger partial charge in [-0.1, -0.05) is 29.4 Å². The topological polar surface area (TPSA) is 76.0 Å². The van der Waals surface area contributed by atoms with E-state index in [2.05, 4.69) is 5.16 Å². The van der Waals surface area contributed by atoms with Crippen LogP contribution in [0.2, 0.25) is 0 Å². The van der Waals surface area contributed by atoms with Crippen molar-refractivity contribution in [1.29, 1.82) is 0 Å². The van der Waals surface area contributed by atoms with E-state index in [9.17, 15) is 9.59 Å². The fraction of sp³-hybridized carbons (Fsp3) is 0.0625. The van der Waals surface area contributed by atoms with E-state index >= 15 is 0 Å². The van der Waals surface area contributed by atoms with Crippen LogP contribution < -0.4 is 4.74 Å². The van der Waals surface area contributed by atoms with Crippen LogP contribution in [0.3, 0.4) is 0 Å². The summed E-state index contributed by atoms with van der Waals surface area (Å²) in [5, 5.41) is 11.6. The number of methoxy groups -OCH3 is 1. The highest BCUT2D eigenvalue weighted by atomic mass is 16.5. The van der Waals surface area contributed by atoms with Gasteiger partial charge in [-0.15, -0.1) is 0 Å². The summed E-state index contributed by atoms with van der Waals surface area (Å²) in [5.74, 6) is -0.255. The first kappa shape index (κ1) is 13.1. The lowest BCUT2D eigenvalue weighted by molar-refractivity contribution is 0.0976. The van der Waals surface area contributed by atoms with Crippen molar-refractivity contribution in [2.24, 2.45) is 5.16 Å². The Bertz CT molecular complexity index is 793. The number of carbonyl (C=O) groups excluding carboxylic acids is 2. The Balaban J connectivity index is 2.33. The molecule has 0 unspecified atom stereocenters. The van der Waals surface area contributed by atoms with Crippen molar-refractivity contribution < 1.29 is 19.5 Å². The third-order valence-corrected chi connectivity index (χ3v) is 3.48. The number of benzene rings is 2. The highest BCUT2D eigenvalue weighted by Gasteiger charge is 2.32. The molecule has 3 rings (SSSR count). The molecule has 0 radical (unpaired) electrons. The molecule has 0 spiro atoms. The number of fused-ring (bicyclic) bond motifs is 2. The molecule has 1 aliphatic carbocycles. The van der Waals surface area contributed by atoms with Crippen LogP contribution in [-0.4, -0.2) is 30.1 Å². The van der Waals surface area contributed by atoms with E-state index in [-0.39, 0.29) is 22.9 Å². The van der Waals surface area contributed by atoms with Gasteiger partial charge in [-0.3, -0.25) is 9.59 Å². The molecule has 0 aromatic heterocycles. The molecule has 2 aromatic carbocycles. The molecule has 0 fully saturated rings. The van der Waals surface area contributed by atoms with Gasteiger partial charge in [0.15, 0.2) is 11.6 Å². The van der Waals surface area contributed by atoms with Gasteiger partial charge in [-0.05, 0) is 12.1 Å². The summed E-state index contributed by atoms with van der Waals surface area (Å²) in [7, 11) is 1.41. The maximum Gasteiger partial charge on any atom is 0.198 e. The zero-order valence-electron chi connectivity index (χ0n) is 11.2. The van der Waals surface area contributed by atoms with Gasteiger partial charge < -0.3 is 9.94 Å². The number of oxime groups is 1. The number of ketones is 2. The molecule has 0 amide bonds. The van der Waals surface area contributed by atoms with Crippen LogP contribution >= 0.6 is 0 Å². The minimum atomic E-state index is -0.273. The number of ether oxygens (including phenoxy) is 1. The third-order valence-electron chi connectivity index (χ3n) is 3.48. The number of hydrogen-bond donors (Lipinski definition) is 1.